The number of nitrogens with two attached hydrogens (primary N) is 2. The fraction of sp³-hybridized carbons (Fsp3) is 0.517. The van der Waals surface area contributed by atoms with Gasteiger partial charge >= 0.3 is 5.97 Å². The second-order valence-electron chi connectivity index (χ2n) is 11.2. The molecule has 11 N–H and O–H groups in total. The maximum absolute atomic E-state index is 13.7. The molecule has 0 aromatic heterocycles. The first-order valence-electron chi connectivity index (χ1n) is 14.9. The number of carbonyl (C=O) groups is 7. The van der Waals surface area contributed by atoms with Gasteiger partial charge in [0.1, 0.15) is 30.2 Å². The summed E-state index contributed by atoms with van der Waals surface area (Å²) < 4.78 is 0. The molecule has 18 heteroatoms. The van der Waals surface area contributed by atoms with Gasteiger partial charge in [0.15, 0.2) is 5.96 Å². The number of carboxylic acid groups (broad SMARTS) is 1. The van der Waals surface area contributed by atoms with E-state index in [1.54, 1.807) is 44.2 Å². The molecule has 0 saturated carbocycles. The standard InChI is InChI=1S/C29H43N9O8S/c1-15(2)23-27(44)36-17(9-6-10-32-29(30)31)24(41)33-13-22(40)34-19(12-21(39)35-20(14-47)28(45)46)25(42)37-18(26(43)38-23)11-16-7-4-3-5-8-16/h3-5,7-8,15,17-20,23,47H,6,9-14H2,1-2H3,(H,33,41)(H,34,40)(H,35,39)(H,36,44)(H,37,42)(H,38,43)(H,45,46)(H4,30,31,32)/t17-,18+,19-,20+,23-/m0/s1. The quantitative estimate of drug-likeness (QED) is 0.0460. The monoisotopic (exact) mass is 677 g/mol. The number of nitrogens with zero attached hydrogens (tertiary/aromatic N) is 1. The lowest BCUT2D eigenvalue weighted by atomic mass is 10.00. The first kappa shape index (κ1) is 38.3. The number of amides is 6. The molecule has 2 rings (SSSR count). The Kier molecular flexibility index (Phi) is 15.4. The van der Waals surface area contributed by atoms with E-state index in [2.05, 4.69) is 49.5 Å². The van der Waals surface area contributed by atoms with Gasteiger partial charge in [0, 0.05) is 18.7 Å². The Balaban J connectivity index is 2.47. The van der Waals surface area contributed by atoms with Crippen LogP contribution in [0.5, 0.6) is 0 Å². The largest absolute Gasteiger partial charge is 0.480 e. The summed E-state index contributed by atoms with van der Waals surface area (Å²) in [4.78, 5) is 94.7. The topological polar surface area (TPSA) is 276 Å². The average molecular weight is 678 g/mol. The maximum Gasteiger partial charge on any atom is 0.327 e. The number of benzene rings is 1. The molecule has 0 unspecified atom stereocenters. The number of rotatable bonds is 12. The summed E-state index contributed by atoms with van der Waals surface area (Å²) in [6, 6.07) is 2.17. The molecule has 0 radical (unpaired) electrons. The lowest BCUT2D eigenvalue weighted by molar-refractivity contribution is -0.141. The van der Waals surface area contributed by atoms with Crippen LogP contribution in [-0.4, -0.2) is 102 Å². The molecule has 1 fully saturated rings. The second kappa shape index (κ2) is 18.9. The molecule has 47 heavy (non-hydrogen) atoms. The zero-order chi connectivity index (χ0) is 35.1. The van der Waals surface area contributed by atoms with Crippen LogP contribution >= 0.6 is 12.6 Å². The number of hydrogen-bond donors (Lipinski definition) is 10. The molecule has 1 aromatic carbocycles. The van der Waals surface area contributed by atoms with E-state index in [9.17, 15) is 38.7 Å². The highest BCUT2D eigenvalue weighted by atomic mass is 32.1. The van der Waals surface area contributed by atoms with Gasteiger partial charge in [-0.25, -0.2) is 4.79 Å². The van der Waals surface area contributed by atoms with Crippen molar-refractivity contribution in [3.8, 4) is 0 Å². The summed E-state index contributed by atoms with van der Waals surface area (Å²) in [5.41, 5.74) is 11.4. The molecule has 0 spiro atoms. The molecular formula is C29H43N9O8S. The number of thiol groups is 1. The van der Waals surface area contributed by atoms with Gasteiger partial charge in [-0.2, -0.15) is 12.6 Å². The predicted molar refractivity (Wildman–Crippen MR) is 174 cm³/mol. The Bertz CT molecular complexity index is 1320. The van der Waals surface area contributed by atoms with Crippen molar-refractivity contribution in [2.75, 3.05) is 18.8 Å². The van der Waals surface area contributed by atoms with E-state index in [0.29, 0.717) is 5.56 Å². The van der Waals surface area contributed by atoms with Gasteiger partial charge in [0.05, 0.1) is 13.0 Å². The van der Waals surface area contributed by atoms with E-state index in [4.69, 9.17) is 11.5 Å². The van der Waals surface area contributed by atoms with E-state index in [0.717, 1.165) is 0 Å². The summed E-state index contributed by atoms with van der Waals surface area (Å²) in [6.07, 6.45) is -0.375. The van der Waals surface area contributed by atoms with Gasteiger partial charge in [-0.15, -0.1) is 0 Å². The predicted octanol–water partition coefficient (Wildman–Crippen LogP) is -3.10. The number of guanidine groups is 1. The van der Waals surface area contributed by atoms with Gasteiger partial charge in [-0.1, -0.05) is 44.2 Å². The Morgan fingerprint density at radius 2 is 1.57 bits per heavy atom. The fourth-order valence-electron chi connectivity index (χ4n) is 4.52. The first-order valence-corrected chi connectivity index (χ1v) is 15.6. The number of carbonyl (C=O) groups excluding carboxylic acids is 6. The van der Waals surface area contributed by atoms with E-state index in [1.165, 1.54) is 0 Å². The number of aliphatic imine (C=N–C) groups is 1. The van der Waals surface area contributed by atoms with Crippen molar-refractivity contribution in [2.45, 2.75) is 69.7 Å². The van der Waals surface area contributed by atoms with Gasteiger partial charge in [-0.3, -0.25) is 33.8 Å². The molecule has 1 heterocycles. The lowest BCUT2D eigenvalue weighted by Gasteiger charge is -2.27. The zero-order valence-electron chi connectivity index (χ0n) is 26.2. The van der Waals surface area contributed by atoms with Crippen molar-refractivity contribution < 1.29 is 38.7 Å². The summed E-state index contributed by atoms with van der Waals surface area (Å²) >= 11 is 3.91. The number of aliphatic carboxylic acids is 1. The van der Waals surface area contributed by atoms with Crippen molar-refractivity contribution in [1.29, 1.82) is 0 Å². The van der Waals surface area contributed by atoms with E-state index in [-0.39, 0.29) is 37.5 Å². The van der Waals surface area contributed by atoms with Crippen molar-refractivity contribution in [2.24, 2.45) is 22.4 Å². The number of nitrogens with one attached hydrogen (secondary N) is 6. The smallest absolute Gasteiger partial charge is 0.327 e. The molecule has 1 saturated heterocycles. The Hall–Kier alpha value is -4.87. The van der Waals surface area contributed by atoms with Crippen molar-refractivity contribution in [1.82, 2.24) is 31.9 Å². The molecule has 0 bridgehead atoms. The lowest BCUT2D eigenvalue weighted by Crippen LogP contribution is -2.59. The highest BCUT2D eigenvalue weighted by molar-refractivity contribution is 7.80. The van der Waals surface area contributed by atoms with Crippen LogP contribution in [0.3, 0.4) is 0 Å². The van der Waals surface area contributed by atoms with Crippen LogP contribution in [0, 0.1) is 5.92 Å². The average Bonchev–Trinajstić information content (AvgIpc) is 3.01. The summed E-state index contributed by atoms with van der Waals surface area (Å²) in [5.74, 6) is -7.07. The molecule has 0 aliphatic carbocycles. The SMILES string of the molecule is CC(C)[C@@H]1NC(=O)[C@@H](Cc2ccccc2)NC(=O)[C@H](CC(=O)N[C@H](CS)C(=O)O)NC(=O)CNC(=O)[C@H](CCCN=C(N)N)NC1=O. The molecule has 258 valence electrons. The highest BCUT2D eigenvalue weighted by Crippen LogP contribution is 2.10. The summed E-state index contributed by atoms with van der Waals surface area (Å²) in [7, 11) is 0. The minimum Gasteiger partial charge on any atom is -0.480 e. The third-order valence-electron chi connectivity index (χ3n) is 7.02. The first-order chi connectivity index (χ1) is 22.2. The number of carboxylic acids is 1. The molecule has 6 amide bonds. The van der Waals surface area contributed by atoms with Crippen LogP contribution in [0.15, 0.2) is 35.3 Å². The summed E-state index contributed by atoms with van der Waals surface area (Å²) in [5, 5.41) is 24.1. The molecule has 1 aromatic rings. The van der Waals surface area contributed by atoms with Crippen LogP contribution in [0.4, 0.5) is 0 Å². The number of hydrogen-bond acceptors (Lipinski definition) is 9. The van der Waals surface area contributed by atoms with Gasteiger partial charge in [-0.05, 0) is 24.3 Å². The normalized spacial score (nSPS) is 21.8. The van der Waals surface area contributed by atoms with Crippen LogP contribution in [-0.2, 0) is 40.0 Å². The summed E-state index contributed by atoms with van der Waals surface area (Å²) in [6.45, 7) is 2.88. The molecule has 1 aliphatic heterocycles. The molecule has 17 nitrogen and oxygen atoms in total. The molecular weight excluding hydrogens is 634 g/mol. The van der Waals surface area contributed by atoms with Crippen LogP contribution in [0.25, 0.3) is 0 Å². The van der Waals surface area contributed by atoms with E-state index in [1.807, 2.05) is 0 Å². The van der Waals surface area contributed by atoms with Crippen LogP contribution in [0.2, 0.25) is 0 Å². The van der Waals surface area contributed by atoms with Crippen LogP contribution in [0.1, 0.15) is 38.7 Å². The molecule has 1 aliphatic rings. The maximum atomic E-state index is 13.7. The van der Waals surface area contributed by atoms with Crippen molar-refractivity contribution in [3.05, 3.63) is 35.9 Å². The molecule has 5 atom stereocenters. The third kappa shape index (κ3) is 13.2. The minimum absolute atomic E-state index is 0.0219. The third-order valence-corrected chi connectivity index (χ3v) is 7.39. The van der Waals surface area contributed by atoms with E-state index < -0.39 is 90.5 Å². The Morgan fingerprint density at radius 3 is 2.17 bits per heavy atom. The van der Waals surface area contributed by atoms with Gasteiger partial charge in [0.25, 0.3) is 0 Å². The van der Waals surface area contributed by atoms with Gasteiger partial charge in [0.2, 0.25) is 35.4 Å². The van der Waals surface area contributed by atoms with Crippen molar-refractivity contribution in [3.63, 3.8) is 0 Å². The Labute approximate surface area is 277 Å². The minimum atomic E-state index is -1.58. The highest BCUT2D eigenvalue weighted by Gasteiger charge is 2.34. The second-order valence-corrected chi connectivity index (χ2v) is 11.5. The zero-order valence-corrected chi connectivity index (χ0v) is 27.0. The van der Waals surface area contributed by atoms with E-state index >= 15 is 0 Å². The Morgan fingerprint density at radius 1 is 0.936 bits per heavy atom. The van der Waals surface area contributed by atoms with Gasteiger partial charge < -0.3 is 48.5 Å². The fourth-order valence-corrected chi connectivity index (χ4v) is 4.77. The van der Waals surface area contributed by atoms with Crippen molar-refractivity contribution >= 4 is 60.0 Å². The van der Waals surface area contributed by atoms with Crippen LogP contribution < -0.4 is 43.4 Å².